The zero-order valence-corrected chi connectivity index (χ0v) is 15.1. The van der Waals surface area contributed by atoms with Gasteiger partial charge in [0.05, 0.1) is 24.9 Å². The van der Waals surface area contributed by atoms with E-state index in [0.29, 0.717) is 13.2 Å². The minimum Gasteiger partial charge on any atom is -0.389 e. The molecular formula is C20H29N3O2. The number of fused-ring (bicyclic) bond motifs is 1. The van der Waals surface area contributed by atoms with E-state index in [0.717, 1.165) is 19.3 Å². The van der Waals surface area contributed by atoms with Crippen LogP contribution in [0.5, 0.6) is 0 Å². The summed E-state index contributed by atoms with van der Waals surface area (Å²) in [5.74, 6) is 0. The maximum atomic E-state index is 10.3. The predicted molar refractivity (Wildman–Crippen MR) is 98.5 cm³/mol. The quantitative estimate of drug-likeness (QED) is 0.774. The van der Waals surface area contributed by atoms with E-state index in [2.05, 4.69) is 48.5 Å². The van der Waals surface area contributed by atoms with Gasteiger partial charge >= 0.3 is 0 Å². The van der Waals surface area contributed by atoms with Crippen LogP contribution in [0.15, 0.2) is 42.7 Å². The molecule has 5 heteroatoms. The summed E-state index contributed by atoms with van der Waals surface area (Å²) in [4.78, 5) is 0. The lowest BCUT2D eigenvalue weighted by atomic mass is 9.89. The molecule has 1 aliphatic rings. The van der Waals surface area contributed by atoms with Crippen molar-refractivity contribution in [2.45, 2.75) is 57.4 Å². The first-order valence-electron chi connectivity index (χ1n) is 9.25. The number of nitrogens with one attached hydrogen (secondary N) is 1. The average molecular weight is 343 g/mol. The van der Waals surface area contributed by atoms with Crippen molar-refractivity contribution in [2.24, 2.45) is 0 Å². The van der Waals surface area contributed by atoms with Gasteiger partial charge < -0.3 is 15.2 Å². The number of nitrogens with zero attached hydrogens (tertiary/aromatic N) is 2. The fourth-order valence-corrected chi connectivity index (χ4v) is 3.41. The number of aliphatic hydroxyl groups excluding tert-OH is 1. The Bertz CT molecular complexity index is 644. The molecule has 0 spiro atoms. The molecule has 5 nitrogen and oxygen atoms in total. The second-order valence-electron chi connectivity index (χ2n) is 6.99. The third-order valence-electron chi connectivity index (χ3n) is 5.15. The Hall–Kier alpha value is -1.69. The molecule has 0 amide bonds. The van der Waals surface area contributed by atoms with Crippen molar-refractivity contribution in [3.05, 3.63) is 53.9 Å². The first-order chi connectivity index (χ1) is 12.1. The van der Waals surface area contributed by atoms with Crippen molar-refractivity contribution in [3.63, 3.8) is 0 Å². The molecule has 0 saturated carbocycles. The van der Waals surface area contributed by atoms with Crippen LogP contribution in [0, 0.1) is 0 Å². The molecule has 2 aromatic rings. The first-order valence-corrected chi connectivity index (χ1v) is 9.25. The molecule has 0 aliphatic heterocycles. The van der Waals surface area contributed by atoms with Gasteiger partial charge in [0.25, 0.3) is 0 Å². The predicted octanol–water partition coefficient (Wildman–Crippen LogP) is 2.88. The van der Waals surface area contributed by atoms with E-state index in [1.165, 1.54) is 11.1 Å². The summed E-state index contributed by atoms with van der Waals surface area (Å²) >= 11 is 0. The maximum absolute atomic E-state index is 10.3. The molecule has 1 aromatic carbocycles. The molecule has 0 saturated heterocycles. The zero-order chi connectivity index (χ0) is 17.6. The van der Waals surface area contributed by atoms with Gasteiger partial charge in [-0.15, -0.1) is 0 Å². The van der Waals surface area contributed by atoms with Crippen LogP contribution >= 0.6 is 0 Å². The zero-order valence-electron chi connectivity index (χ0n) is 15.1. The number of hydrogen-bond donors (Lipinski definition) is 2. The van der Waals surface area contributed by atoms with Crippen LogP contribution in [0.3, 0.4) is 0 Å². The normalized spacial score (nSPS) is 20.7. The second kappa shape index (κ2) is 8.61. The van der Waals surface area contributed by atoms with Gasteiger partial charge in [0.15, 0.2) is 0 Å². The number of rotatable bonds is 8. The van der Waals surface area contributed by atoms with E-state index in [1.54, 1.807) is 6.20 Å². The first kappa shape index (κ1) is 18.1. The monoisotopic (exact) mass is 343 g/mol. The Morgan fingerprint density at radius 2 is 2.16 bits per heavy atom. The number of aliphatic hydroxyl groups is 1. The van der Waals surface area contributed by atoms with Gasteiger partial charge in [-0.2, -0.15) is 5.10 Å². The van der Waals surface area contributed by atoms with Crippen molar-refractivity contribution in [3.8, 4) is 0 Å². The lowest BCUT2D eigenvalue weighted by Gasteiger charge is -2.27. The summed E-state index contributed by atoms with van der Waals surface area (Å²) in [6.07, 6.45) is 6.65. The van der Waals surface area contributed by atoms with Crippen LogP contribution in [-0.4, -0.2) is 40.2 Å². The molecule has 0 bridgehead atoms. The van der Waals surface area contributed by atoms with Crippen LogP contribution in [0.2, 0.25) is 0 Å². The molecule has 1 aliphatic carbocycles. The summed E-state index contributed by atoms with van der Waals surface area (Å²) in [6, 6.07) is 10.9. The number of benzene rings is 1. The number of ether oxygens (including phenoxy) is 1. The molecule has 0 unspecified atom stereocenters. The molecule has 1 aromatic heterocycles. The summed E-state index contributed by atoms with van der Waals surface area (Å²) in [5, 5.41) is 17.9. The number of aromatic nitrogens is 2. The summed E-state index contributed by atoms with van der Waals surface area (Å²) in [6.45, 7) is 5.10. The minimum atomic E-state index is -0.513. The van der Waals surface area contributed by atoms with E-state index in [-0.39, 0.29) is 18.2 Å². The number of aryl methyl sites for hydroxylation is 1. The summed E-state index contributed by atoms with van der Waals surface area (Å²) < 4.78 is 7.96. The fourth-order valence-electron chi connectivity index (χ4n) is 3.41. The molecule has 1 heterocycles. The van der Waals surface area contributed by atoms with E-state index in [1.807, 2.05) is 16.9 Å². The van der Waals surface area contributed by atoms with Crippen molar-refractivity contribution < 1.29 is 9.84 Å². The highest BCUT2D eigenvalue weighted by molar-refractivity contribution is 5.31. The van der Waals surface area contributed by atoms with Crippen molar-refractivity contribution in [2.75, 3.05) is 13.2 Å². The second-order valence-corrected chi connectivity index (χ2v) is 6.99. The summed E-state index contributed by atoms with van der Waals surface area (Å²) in [7, 11) is 0. The van der Waals surface area contributed by atoms with Gasteiger partial charge in [0.1, 0.15) is 0 Å². The van der Waals surface area contributed by atoms with E-state index in [9.17, 15) is 5.11 Å². The van der Waals surface area contributed by atoms with Crippen molar-refractivity contribution in [1.82, 2.24) is 15.1 Å². The van der Waals surface area contributed by atoms with Gasteiger partial charge in [0, 0.05) is 25.0 Å². The summed E-state index contributed by atoms with van der Waals surface area (Å²) in [5.41, 5.74) is 2.67. The van der Waals surface area contributed by atoms with E-state index >= 15 is 0 Å². The van der Waals surface area contributed by atoms with Crippen LogP contribution in [0.1, 0.15) is 50.0 Å². The SMILES string of the molecule is C[C@H](NC[C@H](O)CO[C@H]1CCCc2ccccc21)[C@@H](C)n1cccn1. The largest absolute Gasteiger partial charge is 0.389 e. The third kappa shape index (κ3) is 4.69. The van der Waals surface area contributed by atoms with Crippen molar-refractivity contribution in [1.29, 1.82) is 0 Å². The molecule has 2 N–H and O–H groups in total. The van der Waals surface area contributed by atoms with Crippen LogP contribution in [0.4, 0.5) is 0 Å². The van der Waals surface area contributed by atoms with Crippen LogP contribution in [-0.2, 0) is 11.2 Å². The topological polar surface area (TPSA) is 59.3 Å². The highest BCUT2D eigenvalue weighted by atomic mass is 16.5. The molecule has 0 radical (unpaired) electrons. The van der Waals surface area contributed by atoms with Crippen molar-refractivity contribution >= 4 is 0 Å². The molecule has 3 rings (SSSR count). The fraction of sp³-hybridized carbons (Fsp3) is 0.550. The molecule has 25 heavy (non-hydrogen) atoms. The highest BCUT2D eigenvalue weighted by Gasteiger charge is 2.21. The molecule has 0 fully saturated rings. The highest BCUT2D eigenvalue weighted by Crippen LogP contribution is 2.32. The Labute approximate surface area is 150 Å². The van der Waals surface area contributed by atoms with Gasteiger partial charge in [-0.05, 0) is 50.3 Å². The van der Waals surface area contributed by atoms with Crippen LogP contribution in [0.25, 0.3) is 0 Å². The van der Waals surface area contributed by atoms with Crippen LogP contribution < -0.4 is 5.32 Å². The lowest BCUT2D eigenvalue weighted by molar-refractivity contribution is -0.0176. The van der Waals surface area contributed by atoms with Gasteiger partial charge in [0.2, 0.25) is 0 Å². The third-order valence-corrected chi connectivity index (χ3v) is 5.15. The van der Waals surface area contributed by atoms with E-state index in [4.69, 9.17) is 4.74 Å². The molecule has 136 valence electrons. The Morgan fingerprint density at radius 3 is 2.96 bits per heavy atom. The molecular weight excluding hydrogens is 314 g/mol. The Balaban J connectivity index is 1.43. The van der Waals surface area contributed by atoms with Gasteiger partial charge in [-0.25, -0.2) is 0 Å². The molecule has 4 atom stereocenters. The average Bonchev–Trinajstić information content (AvgIpc) is 3.18. The van der Waals surface area contributed by atoms with E-state index < -0.39 is 6.10 Å². The van der Waals surface area contributed by atoms with Gasteiger partial charge in [-0.1, -0.05) is 24.3 Å². The Kier molecular flexibility index (Phi) is 6.24. The smallest absolute Gasteiger partial charge is 0.0898 e. The Morgan fingerprint density at radius 1 is 1.32 bits per heavy atom. The lowest BCUT2D eigenvalue weighted by Crippen LogP contribution is -2.40. The number of hydrogen-bond acceptors (Lipinski definition) is 4. The van der Waals surface area contributed by atoms with Gasteiger partial charge in [-0.3, -0.25) is 4.68 Å². The minimum absolute atomic E-state index is 0.111. The maximum Gasteiger partial charge on any atom is 0.0898 e. The standard InChI is InChI=1S/C20H29N3O2/c1-15(16(2)23-12-6-11-22-23)21-13-18(24)14-25-20-10-5-8-17-7-3-4-9-19(17)20/h3-4,6-7,9,11-12,15-16,18,20-21,24H,5,8,10,13-14H2,1-2H3/t15-,16+,18-,20-/m0/s1.